The maximum Gasteiger partial charge on any atom is 0.319 e. The molecule has 4 aliphatic rings. The third-order valence-corrected chi connectivity index (χ3v) is 10.5. The summed E-state index contributed by atoms with van der Waals surface area (Å²) in [6, 6.07) is 12.6. The van der Waals surface area contributed by atoms with Crippen molar-refractivity contribution in [3.05, 3.63) is 54.1 Å². The number of aromatic hydroxyl groups is 1. The number of carbonyl (C=O) groups is 1. The second-order valence-electron chi connectivity index (χ2n) is 13.1. The van der Waals surface area contributed by atoms with Crippen LogP contribution in [0.25, 0.3) is 32.8 Å². The first-order valence-corrected chi connectivity index (χ1v) is 16.1. The number of nitrogens with zero attached hydrogens (tertiary/aromatic N) is 6. The van der Waals surface area contributed by atoms with Crippen LogP contribution < -0.4 is 9.64 Å². The summed E-state index contributed by atoms with van der Waals surface area (Å²) in [7, 11) is 0. The fraction of sp³-hybridized carbons (Fsp3) is 0.429. The molecule has 4 aliphatic heterocycles. The minimum absolute atomic E-state index is 0.0489. The van der Waals surface area contributed by atoms with Crippen LogP contribution in [0.15, 0.2) is 42.5 Å². The average molecular weight is 625 g/mol. The van der Waals surface area contributed by atoms with E-state index in [1.54, 1.807) is 24.3 Å². The lowest BCUT2D eigenvalue weighted by Gasteiger charge is -2.41. The largest absolute Gasteiger partial charge is 0.508 e. The van der Waals surface area contributed by atoms with Gasteiger partial charge in [-0.15, -0.1) is 0 Å². The molecule has 4 fully saturated rings. The first-order chi connectivity index (χ1) is 22.3. The standard InChI is InChI=1S/C35H34F2N6O3/c36-28-5-1-4-21-16-24(44)17-27(30(21)28)25-8-9-26-32(31(25)37)39-34(46-20-35-11-2-14-42(35)15-3-12-35)40-33(26)41-18-22-6-7-23(19-41)43(22)29(45)10-13-38/h1,4-5,8-9,16-17,22-23,44H,2-3,6-7,10-12,14-15,18-20H2. The van der Waals surface area contributed by atoms with Gasteiger partial charge in [0.1, 0.15) is 35.9 Å². The summed E-state index contributed by atoms with van der Waals surface area (Å²) in [5.74, 6) is -0.918. The third-order valence-electron chi connectivity index (χ3n) is 10.5. The van der Waals surface area contributed by atoms with Gasteiger partial charge in [-0.05, 0) is 86.8 Å². The van der Waals surface area contributed by atoms with Crippen molar-refractivity contribution in [1.29, 1.82) is 5.26 Å². The van der Waals surface area contributed by atoms with Gasteiger partial charge in [0.2, 0.25) is 5.91 Å². The summed E-state index contributed by atoms with van der Waals surface area (Å²) in [5, 5.41) is 20.8. The SMILES string of the molecule is N#CCC(=O)N1C2CCC1CN(c1nc(OCC34CCCN3CCC4)nc3c(F)c(-c4cc(O)cc5cccc(F)c45)ccc13)C2. The molecule has 5 heterocycles. The first-order valence-electron chi connectivity index (χ1n) is 16.1. The zero-order chi connectivity index (χ0) is 31.6. The highest BCUT2D eigenvalue weighted by atomic mass is 19.1. The van der Waals surface area contributed by atoms with Gasteiger partial charge in [-0.2, -0.15) is 15.2 Å². The Morgan fingerprint density at radius 1 is 1.04 bits per heavy atom. The Bertz CT molecular complexity index is 1900. The van der Waals surface area contributed by atoms with Crippen LogP contribution in [0, 0.1) is 23.0 Å². The maximum atomic E-state index is 16.8. The van der Waals surface area contributed by atoms with Crippen LogP contribution in [0.4, 0.5) is 14.6 Å². The van der Waals surface area contributed by atoms with Gasteiger partial charge in [0.25, 0.3) is 0 Å². The molecule has 8 rings (SSSR count). The summed E-state index contributed by atoms with van der Waals surface area (Å²) >= 11 is 0. The van der Waals surface area contributed by atoms with Crippen molar-refractivity contribution in [2.75, 3.05) is 37.7 Å². The summed E-state index contributed by atoms with van der Waals surface area (Å²) in [6.45, 7) is 3.46. The molecule has 1 amide bonds. The summed E-state index contributed by atoms with van der Waals surface area (Å²) in [4.78, 5) is 28.7. The molecule has 1 aromatic heterocycles. The summed E-state index contributed by atoms with van der Waals surface area (Å²) < 4.78 is 38.3. The number of aromatic nitrogens is 2. The van der Waals surface area contributed by atoms with Crippen LogP contribution in [0.2, 0.25) is 0 Å². The number of nitriles is 1. The highest BCUT2D eigenvalue weighted by molar-refractivity contribution is 6.01. The highest BCUT2D eigenvalue weighted by Gasteiger charge is 2.46. The molecule has 2 atom stereocenters. The number of benzene rings is 3. The monoisotopic (exact) mass is 624 g/mol. The Morgan fingerprint density at radius 2 is 1.80 bits per heavy atom. The molecule has 3 aromatic carbocycles. The van der Waals surface area contributed by atoms with Gasteiger partial charge < -0.3 is 19.6 Å². The second kappa shape index (κ2) is 11.1. The van der Waals surface area contributed by atoms with Gasteiger partial charge in [-0.25, -0.2) is 8.78 Å². The topological polar surface area (TPSA) is 106 Å². The molecule has 0 aliphatic carbocycles. The number of phenols is 1. The van der Waals surface area contributed by atoms with Gasteiger partial charge in [0.05, 0.1) is 11.6 Å². The Kier molecular flexibility index (Phi) is 6.94. The molecule has 4 saturated heterocycles. The number of fused-ring (bicyclic) bond motifs is 5. The summed E-state index contributed by atoms with van der Waals surface area (Å²) in [5.41, 5.74) is 0.317. The molecule has 2 unspecified atom stereocenters. The Labute approximate surface area is 265 Å². The molecular weight excluding hydrogens is 590 g/mol. The Hall–Kier alpha value is -4.56. The number of carbonyl (C=O) groups excluding carboxylic acids is 1. The lowest BCUT2D eigenvalue weighted by atomic mass is 9.95. The molecule has 9 nitrogen and oxygen atoms in total. The number of hydrogen-bond donors (Lipinski definition) is 1. The minimum Gasteiger partial charge on any atom is -0.508 e. The van der Waals surface area contributed by atoms with Crippen molar-refractivity contribution in [3.63, 3.8) is 0 Å². The first kappa shape index (κ1) is 28.9. The van der Waals surface area contributed by atoms with E-state index in [9.17, 15) is 9.90 Å². The molecule has 0 saturated carbocycles. The molecule has 2 bridgehead atoms. The van der Waals surface area contributed by atoms with Gasteiger partial charge in [0, 0.05) is 41.5 Å². The zero-order valence-corrected chi connectivity index (χ0v) is 25.4. The molecule has 1 N–H and O–H groups in total. The van der Waals surface area contributed by atoms with Crippen LogP contribution in [-0.4, -0.2) is 81.2 Å². The van der Waals surface area contributed by atoms with Gasteiger partial charge in [-0.1, -0.05) is 18.2 Å². The van der Waals surface area contributed by atoms with Crippen molar-refractivity contribution in [2.24, 2.45) is 0 Å². The van der Waals surface area contributed by atoms with E-state index in [1.165, 1.54) is 18.2 Å². The number of halogens is 2. The van der Waals surface area contributed by atoms with E-state index in [1.807, 2.05) is 11.0 Å². The van der Waals surface area contributed by atoms with E-state index in [-0.39, 0.29) is 63.7 Å². The van der Waals surface area contributed by atoms with Crippen LogP contribution in [0.3, 0.4) is 0 Å². The van der Waals surface area contributed by atoms with E-state index in [0.717, 1.165) is 51.6 Å². The van der Waals surface area contributed by atoms with Crippen molar-refractivity contribution in [3.8, 4) is 29.0 Å². The molecule has 46 heavy (non-hydrogen) atoms. The number of piperazine rings is 1. The van der Waals surface area contributed by atoms with Crippen molar-refractivity contribution in [1.82, 2.24) is 19.8 Å². The van der Waals surface area contributed by atoms with Crippen molar-refractivity contribution in [2.45, 2.75) is 62.6 Å². The maximum absolute atomic E-state index is 16.8. The molecule has 4 aromatic rings. The number of ether oxygens (including phenoxy) is 1. The Balaban J connectivity index is 1.23. The molecular formula is C35H34F2N6O3. The van der Waals surface area contributed by atoms with Gasteiger partial charge >= 0.3 is 6.01 Å². The third kappa shape index (κ3) is 4.61. The van der Waals surface area contributed by atoms with Crippen molar-refractivity contribution < 1.29 is 23.4 Å². The molecule has 0 radical (unpaired) electrons. The Morgan fingerprint density at radius 3 is 2.54 bits per heavy atom. The number of rotatable bonds is 6. The fourth-order valence-corrected chi connectivity index (χ4v) is 8.52. The molecule has 11 heteroatoms. The van der Waals surface area contributed by atoms with E-state index < -0.39 is 11.6 Å². The number of phenolic OH excluding ortho intramolecular Hbond substituents is 1. The van der Waals surface area contributed by atoms with Crippen molar-refractivity contribution >= 4 is 33.4 Å². The predicted molar refractivity (Wildman–Crippen MR) is 168 cm³/mol. The number of hydrogen-bond acceptors (Lipinski definition) is 8. The molecule has 0 spiro atoms. The van der Waals surface area contributed by atoms with E-state index in [0.29, 0.717) is 36.3 Å². The summed E-state index contributed by atoms with van der Waals surface area (Å²) in [6.07, 6.45) is 5.76. The van der Waals surface area contributed by atoms with E-state index in [4.69, 9.17) is 15.0 Å². The van der Waals surface area contributed by atoms with Crippen LogP contribution >= 0.6 is 0 Å². The molecule has 236 valence electrons. The fourth-order valence-electron chi connectivity index (χ4n) is 8.52. The van der Waals surface area contributed by atoms with E-state index in [2.05, 4.69) is 14.8 Å². The van der Waals surface area contributed by atoms with Gasteiger partial charge in [-0.3, -0.25) is 9.69 Å². The minimum atomic E-state index is -0.659. The van der Waals surface area contributed by atoms with E-state index >= 15 is 8.78 Å². The quantitative estimate of drug-likeness (QED) is 0.299. The average Bonchev–Trinajstić information content (AvgIpc) is 3.70. The lowest BCUT2D eigenvalue weighted by Crippen LogP contribution is -2.56. The van der Waals surface area contributed by atoms with Gasteiger partial charge in [0.15, 0.2) is 5.82 Å². The predicted octanol–water partition coefficient (Wildman–Crippen LogP) is 5.53. The van der Waals surface area contributed by atoms with Crippen LogP contribution in [-0.2, 0) is 4.79 Å². The number of anilines is 1. The van der Waals surface area contributed by atoms with Crippen LogP contribution in [0.5, 0.6) is 11.8 Å². The highest BCUT2D eigenvalue weighted by Crippen LogP contribution is 2.42. The second-order valence-corrected chi connectivity index (χ2v) is 13.1. The lowest BCUT2D eigenvalue weighted by molar-refractivity contribution is -0.133. The number of amides is 1. The van der Waals surface area contributed by atoms with Crippen LogP contribution in [0.1, 0.15) is 44.9 Å². The zero-order valence-electron chi connectivity index (χ0n) is 25.4. The smallest absolute Gasteiger partial charge is 0.319 e. The normalized spacial score (nSPS) is 22.0.